The first-order valence-electron chi connectivity index (χ1n) is 6.14. The van der Waals surface area contributed by atoms with Crippen LogP contribution in [0.15, 0.2) is 42.7 Å². The summed E-state index contributed by atoms with van der Waals surface area (Å²) in [7, 11) is 1.99. The van der Waals surface area contributed by atoms with Gasteiger partial charge in [-0.25, -0.2) is 0 Å². The molecule has 0 aliphatic rings. The summed E-state index contributed by atoms with van der Waals surface area (Å²) >= 11 is 0. The van der Waals surface area contributed by atoms with Crippen LogP contribution in [0.1, 0.15) is 17.0 Å². The van der Waals surface area contributed by atoms with Crippen molar-refractivity contribution in [3.63, 3.8) is 0 Å². The van der Waals surface area contributed by atoms with Gasteiger partial charge in [-0.1, -0.05) is 0 Å². The summed E-state index contributed by atoms with van der Waals surface area (Å²) < 4.78 is 2.06. The van der Waals surface area contributed by atoms with Gasteiger partial charge in [0, 0.05) is 36.9 Å². The number of rotatable bonds is 4. The highest BCUT2D eigenvalue weighted by Crippen LogP contribution is 2.05. The molecule has 98 valence electrons. The molecule has 0 aromatic carbocycles. The SMILES string of the molecule is Cc1ccc(CNC(=O)C=Cc2ccncc2)n1C. The fourth-order valence-corrected chi connectivity index (χ4v) is 1.73. The molecule has 0 unspecified atom stereocenters. The van der Waals surface area contributed by atoms with Gasteiger partial charge in [0.05, 0.1) is 6.54 Å². The lowest BCUT2D eigenvalue weighted by atomic mass is 10.2. The van der Waals surface area contributed by atoms with Crippen molar-refractivity contribution in [1.29, 1.82) is 0 Å². The Balaban J connectivity index is 1.89. The van der Waals surface area contributed by atoms with Crippen LogP contribution in [0.5, 0.6) is 0 Å². The monoisotopic (exact) mass is 255 g/mol. The quantitative estimate of drug-likeness (QED) is 0.850. The van der Waals surface area contributed by atoms with E-state index < -0.39 is 0 Å². The van der Waals surface area contributed by atoms with Gasteiger partial charge in [0.25, 0.3) is 0 Å². The zero-order chi connectivity index (χ0) is 13.7. The van der Waals surface area contributed by atoms with Crippen LogP contribution in [0.3, 0.4) is 0 Å². The highest BCUT2D eigenvalue weighted by atomic mass is 16.1. The number of hydrogen-bond donors (Lipinski definition) is 1. The molecule has 0 atom stereocenters. The number of amides is 1. The zero-order valence-corrected chi connectivity index (χ0v) is 11.1. The zero-order valence-electron chi connectivity index (χ0n) is 11.1. The van der Waals surface area contributed by atoms with Crippen LogP contribution < -0.4 is 5.32 Å². The van der Waals surface area contributed by atoms with Crippen molar-refractivity contribution in [2.45, 2.75) is 13.5 Å². The lowest BCUT2D eigenvalue weighted by Gasteiger charge is -2.05. The van der Waals surface area contributed by atoms with Crippen molar-refractivity contribution < 1.29 is 4.79 Å². The van der Waals surface area contributed by atoms with Gasteiger partial charge in [0.2, 0.25) is 5.91 Å². The van der Waals surface area contributed by atoms with Crippen LogP contribution in [0, 0.1) is 6.92 Å². The normalized spacial score (nSPS) is 10.8. The van der Waals surface area contributed by atoms with Crippen molar-refractivity contribution in [1.82, 2.24) is 14.9 Å². The number of aromatic nitrogens is 2. The first kappa shape index (κ1) is 13.1. The third kappa shape index (κ3) is 3.55. The van der Waals surface area contributed by atoms with Gasteiger partial charge >= 0.3 is 0 Å². The van der Waals surface area contributed by atoms with Gasteiger partial charge in [-0.15, -0.1) is 0 Å². The summed E-state index contributed by atoms with van der Waals surface area (Å²) in [5, 5.41) is 2.86. The highest BCUT2D eigenvalue weighted by Gasteiger charge is 2.02. The molecular formula is C15H17N3O. The Morgan fingerprint density at radius 1 is 1.32 bits per heavy atom. The van der Waals surface area contributed by atoms with Crippen molar-refractivity contribution in [3.8, 4) is 0 Å². The summed E-state index contributed by atoms with van der Waals surface area (Å²) in [6.45, 7) is 2.57. The molecule has 4 heteroatoms. The average molecular weight is 255 g/mol. The first-order chi connectivity index (χ1) is 9.16. The van der Waals surface area contributed by atoms with E-state index in [2.05, 4.69) is 14.9 Å². The molecule has 0 saturated carbocycles. The van der Waals surface area contributed by atoms with Crippen molar-refractivity contribution in [2.24, 2.45) is 7.05 Å². The van der Waals surface area contributed by atoms with Crippen LogP contribution in [0.4, 0.5) is 0 Å². The number of pyridine rings is 1. The van der Waals surface area contributed by atoms with Crippen LogP contribution in [0.2, 0.25) is 0 Å². The molecule has 0 spiro atoms. The molecule has 2 aromatic heterocycles. The molecular weight excluding hydrogens is 238 g/mol. The average Bonchev–Trinajstić information content (AvgIpc) is 2.75. The minimum Gasteiger partial charge on any atom is -0.350 e. The van der Waals surface area contributed by atoms with Gasteiger partial charge in [-0.05, 0) is 42.8 Å². The maximum atomic E-state index is 11.7. The molecule has 4 nitrogen and oxygen atoms in total. The number of carbonyl (C=O) groups excluding carboxylic acids is 1. The van der Waals surface area contributed by atoms with Crippen molar-refractivity contribution in [2.75, 3.05) is 0 Å². The lowest BCUT2D eigenvalue weighted by Crippen LogP contribution is -2.21. The Bertz CT molecular complexity index is 585. The molecule has 0 aliphatic carbocycles. The van der Waals surface area contributed by atoms with E-state index in [0.717, 1.165) is 11.3 Å². The van der Waals surface area contributed by atoms with Gasteiger partial charge in [0.1, 0.15) is 0 Å². The lowest BCUT2D eigenvalue weighted by molar-refractivity contribution is -0.116. The van der Waals surface area contributed by atoms with E-state index in [1.165, 1.54) is 11.8 Å². The third-order valence-corrected chi connectivity index (χ3v) is 3.05. The third-order valence-electron chi connectivity index (χ3n) is 3.05. The van der Waals surface area contributed by atoms with E-state index in [9.17, 15) is 4.79 Å². The number of nitrogens with zero attached hydrogens (tertiary/aromatic N) is 2. The molecule has 2 aromatic rings. The van der Waals surface area contributed by atoms with Gasteiger partial charge in [0.15, 0.2) is 0 Å². The van der Waals surface area contributed by atoms with Crippen LogP contribution in [0.25, 0.3) is 6.08 Å². The van der Waals surface area contributed by atoms with E-state index in [1.807, 2.05) is 38.2 Å². The summed E-state index contributed by atoms with van der Waals surface area (Å²) in [5.41, 5.74) is 3.22. The van der Waals surface area contributed by atoms with Gasteiger partial charge < -0.3 is 9.88 Å². The maximum Gasteiger partial charge on any atom is 0.244 e. The molecule has 0 fully saturated rings. The molecule has 0 saturated heterocycles. The summed E-state index contributed by atoms with van der Waals surface area (Å²) in [6, 6.07) is 7.76. The van der Waals surface area contributed by atoms with Crippen LogP contribution in [-0.4, -0.2) is 15.5 Å². The molecule has 2 rings (SSSR count). The first-order valence-corrected chi connectivity index (χ1v) is 6.14. The predicted octanol–water partition coefficient (Wildman–Crippen LogP) is 2.06. The van der Waals surface area contributed by atoms with Gasteiger partial charge in [-0.2, -0.15) is 0 Å². The Kier molecular flexibility index (Phi) is 4.13. The van der Waals surface area contributed by atoms with Crippen molar-refractivity contribution >= 4 is 12.0 Å². The number of aryl methyl sites for hydroxylation is 1. The highest BCUT2D eigenvalue weighted by molar-refractivity contribution is 5.91. The Morgan fingerprint density at radius 3 is 2.68 bits per heavy atom. The molecule has 0 radical (unpaired) electrons. The topological polar surface area (TPSA) is 46.9 Å². The molecule has 0 aliphatic heterocycles. The van der Waals surface area contributed by atoms with E-state index in [-0.39, 0.29) is 5.91 Å². The Labute approximate surface area is 112 Å². The van der Waals surface area contributed by atoms with E-state index in [1.54, 1.807) is 18.5 Å². The molecule has 1 N–H and O–H groups in total. The van der Waals surface area contributed by atoms with Crippen LogP contribution in [-0.2, 0) is 18.4 Å². The second-order valence-corrected chi connectivity index (χ2v) is 4.36. The smallest absolute Gasteiger partial charge is 0.244 e. The fraction of sp³-hybridized carbons (Fsp3) is 0.200. The largest absolute Gasteiger partial charge is 0.350 e. The Hall–Kier alpha value is -2.36. The minimum absolute atomic E-state index is 0.101. The molecule has 1 amide bonds. The van der Waals surface area contributed by atoms with Gasteiger partial charge in [-0.3, -0.25) is 9.78 Å². The summed E-state index contributed by atoms with van der Waals surface area (Å²) in [5.74, 6) is -0.101. The van der Waals surface area contributed by atoms with Crippen molar-refractivity contribution in [3.05, 3.63) is 59.7 Å². The second kappa shape index (κ2) is 6.00. The van der Waals surface area contributed by atoms with Crippen LogP contribution >= 0.6 is 0 Å². The maximum absolute atomic E-state index is 11.7. The standard InChI is InChI=1S/C15H17N3O/c1-12-3-5-14(18(12)2)11-17-15(19)6-4-13-7-9-16-10-8-13/h3-10H,11H2,1-2H3,(H,17,19). The number of nitrogens with one attached hydrogen (secondary N) is 1. The number of hydrogen-bond acceptors (Lipinski definition) is 2. The second-order valence-electron chi connectivity index (χ2n) is 4.36. The molecule has 2 heterocycles. The Morgan fingerprint density at radius 2 is 2.05 bits per heavy atom. The number of carbonyl (C=O) groups is 1. The fourth-order valence-electron chi connectivity index (χ4n) is 1.73. The van der Waals surface area contributed by atoms with E-state index in [4.69, 9.17) is 0 Å². The predicted molar refractivity (Wildman–Crippen MR) is 75.3 cm³/mol. The van der Waals surface area contributed by atoms with E-state index >= 15 is 0 Å². The van der Waals surface area contributed by atoms with E-state index in [0.29, 0.717) is 6.54 Å². The minimum atomic E-state index is -0.101. The molecule has 19 heavy (non-hydrogen) atoms. The summed E-state index contributed by atoms with van der Waals surface area (Å²) in [4.78, 5) is 15.6. The summed E-state index contributed by atoms with van der Waals surface area (Å²) in [6.07, 6.45) is 6.70. The molecule has 0 bridgehead atoms.